The predicted octanol–water partition coefficient (Wildman–Crippen LogP) is 1.28. The number of nitrogens with one attached hydrogen (secondary N) is 1. The molecule has 2 N–H and O–H groups in total. The van der Waals surface area contributed by atoms with Gasteiger partial charge in [0.1, 0.15) is 0 Å². The summed E-state index contributed by atoms with van der Waals surface area (Å²) in [6.07, 6.45) is 1.79. The first kappa shape index (κ1) is 12.6. The molecule has 4 nitrogen and oxygen atoms in total. The molecule has 88 valence electrons. The molecular weight excluding hydrogens is 204 g/mol. The quantitative estimate of drug-likeness (QED) is 0.806. The fourth-order valence-electron chi connectivity index (χ4n) is 1.60. The summed E-state index contributed by atoms with van der Waals surface area (Å²) >= 11 is 0. The van der Waals surface area contributed by atoms with E-state index < -0.39 is 6.10 Å². The van der Waals surface area contributed by atoms with E-state index in [2.05, 4.69) is 10.3 Å². The number of nitrogens with zero attached hydrogens (tertiary/aromatic N) is 1. The molecule has 16 heavy (non-hydrogen) atoms. The second kappa shape index (κ2) is 5.61. The second-order valence-electron chi connectivity index (χ2n) is 4.10. The number of carbonyl (C=O) groups is 1. The smallest absolute Gasteiger partial charge is 0.253 e. The summed E-state index contributed by atoms with van der Waals surface area (Å²) in [5, 5.41) is 12.0. The molecule has 1 rings (SSSR count). The van der Waals surface area contributed by atoms with E-state index >= 15 is 0 Å². The van der Waals surface area contributed by atoms with E-state index in [1.807, 2.05) is 6.92 Å². The van der Waals surface area contributed by atoms with Crippen LogP contribution >= 0.6 is 0 Å². The van der Waals surface area contributed by atoms with Crippen LogP contribution in [0.15, 0.2) is 18.3 Å². The average Bonchev–Trinajstić information content (AvgIpc) is 2.16. The lowest BCUT2D eigenvalue weighted by atomic mass is 10.1. The Bertz CT molecular complexity index is 364. The summed E-state index contributed by atoms with van der Waals surface area (Å²) in [7, 11) is 0. The van der Waals surface area contributed by atoms with Gasteiger partial charge in [-0.3, -0.25) is 9.78 Å². The highest BCUT2D eigenvalue weighted by molar-refractivity contribution is 5.95. The summed E-state index contributed by atoms with van der Waals surface area (Å²) in [5.41, 5.74) is 1.30. The third kappa shape index (κ3) is 3.62. The van der Waals surface area contributed by atoms with Crippen LogP contribution in [0.3, 0.4) is 0 Å². The number of aromatic nitrogens is 1. The molecule has 0 saturated carbocycles. The molecule has 4 heteroatoms. The Kier molecular flexibility index (Phi) is 4.43. The third-order valence-corrected chi connectivity index (χ3v) is 2.32. The zero-order valence-corrected chi connectivity index (χ0v) is 9.90. The Hall–Kier alpha value is -1.42. The minimum absolute atomic E-state index is 0.0490. The van der Waals surface area contributed by atoms with Crippen molar-refractivity contribution in [2.75, 3.05) is 0 Å². The molecule has 1 aromatic heterocycles. The van der Waals surface area contributed by atoms with E-state index in [0.717, 1.165) is 0 Å². The number of hydrogen-bond acceptors (Lipinski definition) is 3. The lowest BCUT2D eigenvalue weighted by Crippen LogP contribution is -2.35. The molecule has 2 unspecified atom stereocenters. The Balaban J connectivity index is 2.63. The van der Waals surface area contributed by atoms with Crippen molar-refractivity contribution in [1.29, 1.82) is 0 Å². The van der Waals surface area contributed by atoms with Crippen molar-refractivity contribution in [3.05, 3.63) is 29.6 Å². The van der Waals surface area contributed by atoms with Gasteiger partial charge in [-0.1, -0.05) is 0 Å². The molecule has 2 atom stereocenters. The first-order valence-corrected chi connectivity index (χ1v) is 5.41. The Labute approximate surface area is 95.7 Å². The van der Waals surface area contributed by atoms with E-state index in [9.17, 15) is 9.90 Å². The van der Waals surface area contributed by atoms with Gasteiger partial charge in [0.2, 0.25) is 0 Å². The molecule has 0 aromatic carbocycles. The maximum atomic E-state index is 11.8. The van der Waals surface area contributed by atoms with Crippen LogP contribution in [-0.2, 0) is 0 Å². The van der Waals surface area contributed by atoms with Gasteiger partial charge in [0.25, 0.3) is 5.91 Å². The normalized spacial score (nSPS) is 14.2. The number of amides is 1. The molecule has 0 bridgehead atoms. The van der Waals surface area contributed by atoms with Crippen LogP contribution < -0.4 is 5.32 Å². The van der Waals surface area contributed by atoms with Crippen LogP contribution in [0.2, 0.25) is 0 Å². The highest BCUT2D eigenvalue weighted by Gasteiger charge is 2.13. The van der Waals surface area contributed by atoms with Gasteiger partial charge in [0, 0.05) is 17.9 Å². The van der Waals surface area contributed by atoms with Crippen molar-refractivity contribution >= 4 is 5.91 Å². The Morgan fingerprint density at radius 3 is 2.81 bits per heavy atom. The van der Waals surface area contributed by atoms with Gasteiger partial charge in [-0.2, -0.15) is 0 Å². The largest absolute Gasteiger partial charge is 0.393 e. The standard InChI is InChI=1S/C12H18N2O2/c1-8(7-9(2)15)14-12(16)11-5-4-6-13-10(11)3/h4-6,8-9,15H,7H2,1-3H3,(H,14,16). The number of pyridine rings is 1. The van der Waals surface area contributed by atoms with Gasteiger partial charge in [0.05, 0.1) is 11.7 Å². The molecule has 0 aliphatic heterocycles. The number of rotatable bonds is 4. The van der Waals surface area contributed by atoms with Crippen molar-refractivity contribution < 1.29 is 9.90 Å². The summed E-state index contributed by atoms with van der Waals surface area (Å²) in [4.78, 5) is 15.9. The summed E-state index contributed by atoms with van der Waals surface area (Å²) in [5.74, 6) is -0.140. The van der Waals surface area contributed by atoms with Gasteiger partial charge in [-0.25, -0.2) is 0 Å². The average molecular weight is 222 g/mol. The summed E-state index contributed by atoms with van der Waals surface area (Å²) < 4.78 is 0. The number of aliphatic hydroxyl groups is 1. The first-order valence-electron chi connectivity index (χ1n) is 5.41. The minimum atomic E-state index is -0.412. The number of aryl methyl sites for hydroxylation is 1. The van der Waals surface area contributed by atoms with Crippen LogP contribution in [0.4, 0.5) is 0 Å². The lowest BCUT2D eigenvalue weighted by molar-refractivity contribution is 0.0922. The maximum Gasteiger partial charge on any atom is 0.253 e. The number of aliphatic hydroxyl groups excluding tert-OH is 1. The van der Waals surface area contributed by atoms with Crippen molar-refractivity contribution in [2.45, 2.75) is 39.3 Å². The zero-order chi connectivity index (χ0) is 12.1. The molecular formula is C12H18N2O2. The van der Waals surface area contributed by atoms with Crippen LogP contribution in [0.1, 0.15) is 36.3 Å². The second-order valence-corrected chi connectivity index (χ2v) is 4.10. The fourth-order valence-corrected chi connectivity index (χ4v) is 1.60. The van der Waals surface area contributed by atoms with Crippen LogP contribution in [0.25, 0.3) is 0 Å². The molecule has 1 heterocycles. The maximum absolute atomic E-state index is 11.8. The molecule has 1 aromatic rings. The van der Waals surface area contributed by atoms with Gasteiger partial charge in [0.15, 0.2) is 0 Å². The molecule has 0 fully saturated rings. The molecule has 0 radical (unpaired) electrons. The van der Waals surface area contributed by atoms with Gasteiger partial charge in [-0.05, 0) is 39.3 Å². The monoisotopic (exact) mass is 222 g/mol. The van der Waals surface area contributed by atoms with Gasteiger partial charge < -0.3 is 10.4 Å². The predicted molar refractivity (Wildman–Crippen MR) is 62.2 cm³/mol. The summed E-state index contributed by atoms with van der Waals surface area (Å²) in [6.45, 7) is 5.38. The highest BCUT2D eigenvalue weighted by atomic mass is 16.3. The molecule has 0 aliphatic carbocycles. The molecule has 1 amide bonds. The molecule has 0 spiro atoms. The van der Waals surface area contributed by atoms with Crippen molar-refractivity contribution in [3.63, 3.8) is 0 Å². The number of carbonyl (C=O) groups excluding carboxylic acids is 1. The van der Waals surface area contributed by atoms with Gasteiger partial charge in [-0.15, -0.1) is 0 Å². The third-order valence-electron chi connectivity index (χ3n) is 2.32. The van der Waals surface area contributed by atoms with E-state index in [1.165, 1.54) is 0 Å². The van der Waals surface area contributed by atoms with Crippen LogP contribution in [0.5, 0.6) is 0 Å². The molecule has 0 saturated heterocycles. The van der Waals surface area contributed by atoms with Crippen molar-refractivity contribution in [3.8, 4) is 0 Å². The fraction of sp³-hybridized carbons (Fsp3) is 0.500. The molecule has 0 aliphatic rings. The first-order chi connectivity index (χ1) is 7.50. The van der Waals surface area contributed by atoms with E-state index in [0.29, 0.717) is 17.7 Å². The van der Waals surface area contributed by atoms with Gasteiger partial charge >= 0.3 is 0 Å². The Morgan fingerprint density at radius 1 is 1.56 bits per heavy atom. The highest BCUT2D eigenvalue weighted by Crippen LogP contribution is 2.05. The minimum Gasteiger partial charge on any atom is -0.393 e. The number of hydrogen-bond donors (Lipinski definition) is 2. The topological polar surface area (TPSA) is 62.2 Å². The van der Waals surface area contributed by atoms with E-state index in [-0.39, 0.29) is 11.9 Å². The van der Waals surface area contributed by atoms with Crippen LogP contribution in [-0.4, -0.2) is 28.1 Å². The SMILES string of the molecule is Cc1ncccc1C(=O)NC(C)CC(C)O. The van der Waals surface area contributed by atoms with Crippen molar-refractivity contribution in [2.24, 2.45) is 0 Å². The summed E-state index contributed by atoms with van der Waals surface area (Å²) in [6, 6.07) is 3.43. The van der Waals surface area contributed by atoms with Crippen molar-refractivity contribution in [1.82, 2.24) is 10.3 Å². The zero-order valence-electron chi connectivity index (χ0n) is 9.90. The van der Waals surface area contributed by atoms with E-state index in [1.54, 1.807) is 32.2 Å². The van der Waals surface area contributed by atoms with E-state index in [4.69, 9.17) is 0 Å². The lowest BCUT2D eigenvalue weighted by Gasteiger charge is -2.15. The Morgan fingerprint density at radius 2 is 2.25 bits per heavy atom. The van der Waals surface area contributed by atoms with Crippen LogP contribution in [0, 0.1) is 6.92 Å².